The molecule has 1 aromatic carbocycles. The molecule has 5 atom stereocenters. The van der Waals surface area contributed by atoms with Crippen LogP contribution in [0.4, 0.5) is 13.6 Å². The number of nitrogens with zero attached hydrogens (tertiary/aromatic N) is 3. The van der Waals surface area contributed by atoms with Crippen molar-refractivity contribution in [1.82, 2.24) is 30.2 Å². The van der Waals surface area contributed by atoms with Gasteiger partial charge in [-0.15, -0.1) is 0 Å². The number of aromatic nitrogens is 2. The number of carbonyl (C=O) groups excluding carboxylic acids is 4. The first-order valence-corrected chi connectivity index (χ1v) is 22.3. The van der Waals surface area contributed by atoms with Crippen molar-refractivity contribution < 1.29 is 45.9 Å². The summed E-state index contributed by atoms with van der Waals surface area (Å²) < 4.78 is 72.8. The lowest BCUT2D eigenvalue weighted by Crippen LogP contribution is -2.55. The van der Waals surface area contributed by atoms with E-state index < -0.39 is 85.6 Å². The fourth-order valence-electron chi connectivity index (χ4n) is 8.64. The minimum absolute atomic E-state index is 0.0252. The van der Waals surface area contributed by atoms with E-state index >= 15 is 8.78 Å². The molecule has 2 saturated carbocycles. The van der Waals surface area contributed by atoms with Crippen molar-refractivity contribution in [1.29, 1.82) is 0 Å². The lowest BCUT2D eigenvalue weighted by atomic mass is 9.79. The van der Waals surface area contributed by atoms with Crippen LogP contribution in [0.25, 0.3) is 11.0 Å². The van der Waals surface area contributed by atoms with Gasteiger partial charge in [0.25, 0.3) is 5.91 Å². The molecule has 58 heavy (non-hydrogen) atoms. The third-order valence-electron chi connectivity index (χ3n) is 12.9. The molecule has 1 aromatic heterocycles. The molecule has 7 rings (SSSR count). The predicted molar refractivity (Wildman–Crippen MR) is 209 cm³/mol. The zero-order valence-corrected chi connectivity index (χ0v) is 34.0. The van der Waals surface area contributed by atoms with Crippen LogP contribution in [0.15, 0.2) is 36.4 Å². The monoisotopic (exact) mass is 828 g/mol. The molecule has 0 spiro atoms. The number of nitrogens with one attached hydrogen (secondary N) is 3. The van der Waals surface area contributed by atoms with Crippen LogP contribution < -0.4 is 20.1 Å². The zero-order chi connectivity index (χ0) is 41.3. The molecule has 0 radical (unpaired) electrons. The molecule has 4 heterocycles. The van der Waals surface area contributed by atoms with Gasteiger partial charge in [0.1, 0.15) is 17.7 Å². The van der Waals surface area contributed by atoms with E-state index in [2.05, 4.69) is 25.3 Å². The van der Waals surface area contributed by atoms with Crippen LogP contribution in [-0.4, -0.2) is 89.7 Å². The standard InChI is InChI=1S/C41H54F2N6O8S/c1-3-39(4-2)20-12-13-21-41(42,43)33-35(45-30-16-11-10-15-29(30)44-33)57-32-24-49-23-28(32)34(50)47-40(37(52)48-58(54,55)27-18-19-27)22-26(40)14-8-6-5-7-9-17-31(36(49)51)46-38(53)56-25-39/h10-11,13,15-16,21,26-28,31-32H,3-9,12,14,17-20,22-25H2,1-2H3,(H,46,53)(H,47,50)(H,48,52)/b21-13+/t26-,28?,31+,32+,40+/m1/s1. The van der Waals surface area contributed by atoms with Crippen LogP contribution in [0.3, 0.4) is 0 Å². The highest BCUT2D eigenvalue weighted by Gasteiger charge is 2.62. The van der Waals surface area contributed by atoms with Crippen molar-refractivity contribution in [2.75, 3.05) is 19.7 Å². The topological polar surface area (TPSA) is 186 Å². The minimum atomic E-state index is -3.94. The summed E-state index contributed by atoms with van der Waals surface area (Å²) in [6.07, 6.45) is 7.76. The van der Waals surface area contributed by atoms with Crippen molar-refractivity contribution in [3.8, 4) is 5.88 Å². The van der Waals surface area contributed by atoms with E-state index in [-0.39, 0.29) is 49.5 Å². The maximum atomic E-state index is 16.3. The average molecular weight is 829 g/mol. The second-order valence-corrected chi connectivity index (χ2v) is 18.8. The number of ether oxygens (including phenoxy) is 2. The third-order valence-corrected chi connectivity index (χ3v) is 14.7. The Morgan fingerprint density at radius 3 is 2.36 bits per heavy atom. The number of amides is 4. The van der Waals surface area contributed by atoms with Crippen molar-refractivity contribution in [3.63, 3.8) is 0 Å². The molecule has 4 amide bonds. The number of sulfonamides is 1. The summed E-state index contributed by atoms with van der Waals surface area (Å²) in [6.45, 7) is 3.45. The summed E-state index contributed by atoms with van der Waals surface area (Å²) in [6, 6.07) is 5.48. The van der Waals surface area contributed by atoms with E-state index in [0.717, 1.165) is 31.8 Å². The molecule has 14 nitrogen and oxygen atoms in total. The van der Waals surface area contributed by atoms with Crippen molar-refractivity contribution in [3.05, 3.63) is 42.1 Å². The summed E-state index contributed by atoms with van der Waals surface area (Å²) in [4.78, 5) is 66.2. The number of alkyl carbamates (subject to hydrolysis) is 1. The maximum absolute atomic E-state index is 16.3. The van der Waals surface area contributed by atoms with Crippen molar-refractivity contribution in [2.24, 2.45) is 17.3 Å². The molecule has 2 aromatic rings. The van der Waals surface area contributed by atoms with Gasteiger partial charge >= 0.3 is 12.0 Å². The highest BCUT2D eigenvalue weighted by molar-refractivity contribution is 7.91. The number of cyclic esters (lactones) is 1. The first-order valence-electron chi connectivity index (χ1n) is 20.8. The number of benzene rings is 1. The van der Waals surface area contributed by atoms with Gasteiger partial charge in [-0.05, 0) is 81.9 Å². The maximum Gasteiger partial charge on any atom is 0.407 e. The number of hydrogen-bond donors (Lipinski definition) is 3. The summed E-state index contributed by atoms with van der Waals surface area (Å²) >= 11 is 0. The number of hydrogen-bond acceptors (Lipinski definition) is 10. The quantitative estimate of drug-likeness (QED) is 0.330. The van der Waals surface area contributed by atoms with Gasteiger partial charge in [-0.3, -0.25) is 19.1 Å². The minimum Gasteiger partial charge on any atom is -0.470 e. The highest BCUT2D eigenvalue weighted by Crippen LogP contribution is 2.48. The Morgan fingerprint density at radius 1 is 0.966 bits per heavy atom. The molecule has 4 fully saturated rings. The number of fused-ring (bicyclic) bond motifs is 7. The summed E-state index contributed by atoms with van der Waals surface area (Å²) in [5, 5.41) is 4.98. The molecule has 2 saturated heterocycles. The van der Waals surface area contributed by atoms with Gasteiger partial charge in [0.15, 0.2) is 5.69 Å². The molecular formula is C41H54F2N6O8S. The number of allylic oxidation sites excluding steroid dienone is 2. The average Bonchev–Trinajstić information content (AvgIpc) is 4.13. The SMILES string of the molecule is CCC1(CC)CC/C=C/C(F)(F)c2nc3ccccc3nc2O[C@H]2CN3CC2C(=O)N[C@@]2(C(=O)NS(=O)(=O)C4CC4)C[C@H]2CCCCCCC[C@H](NC(=O)OC1)C3=O. The van der Waals surface area contributed by atoms with Crippen LogP contribution in [0.5, 0.6) is 5.88 Å². The first-order chi connectivity index (χ1) is 27.7. The fourth-order valence-corrected chi connectivity index (χ4v) is 10.0. The normalized spacial score (nSPS) is 30.1. The Morgan fingerprint density at radius 2 is 1.66 bits per heavy atom. The van der Waals surface area contributed by atoms with Crippen molar-refractivity contribution in [2.45, 2.75) is 133 Å². The first kappa shape index (κ1) is 41.7. The van der Waals surface area contributed by atoms with E-state index in [1.807, 2.05) is 13.8 Å². The lowest BCUT2D eigenvalue weighted by molar-refractivity contribution is -0.134. The number of carbonyl (C=O) groups is 4. The lowest BCUT2D eigenvalue weighted by Gasteiger charge is -2.31. The molecular weight excluding hydrogens is 775 g/mol. The van der Waals surface area contributed by atoms with Crippen LogP contribution in [0.1, 0.15) is 109 Å². The Bertz CT molecular complexity index is 2040. The Balaban J connectivity index is 1.28. The Hall–Kier alpha value is -4.41. The highest BCUT2D eigenvalue weighted by atomic mass is 32.2. The van der Waals surface area contributed by atoms with Gasteiger partial charge in [0.05, 0.1) is 35.4 Å². The molecule has 3 N–H and O–H groups in total. The summed E-state index contributed by atoms with van der Waals surface area (Å²) in [5.74, 6) is -7.75. The Labute approximate surface area is 337 Å². The summed E-state index contributed by atoms with van der Waals surface area (Å²) in [5.41, 5.74) is -2.30. The number of para-hydroxylation sites is 2. The van der Waals surface area contributed by atoms with Gasteiger partial charge in [-0.2, -0.15) is 8.78 Å². The molecule has 2 aliphatic carbocycles. The fraction of sp³-hybridized carbons (Fsp3) is 0.659. The van der Waals surface area contributed by atoms with Gasteiger partial charge in [-0.25, -0.2) is 23.2 Å². The van der Waals surface area contributed by atoms with Crippen LogP contribution in [0, 0.1) is 17.3 Å². The van der Waals surface area contributed by atoms with Gasteiger partial charge in [-0.1, -0.05) is 64.2 Å². The largest absolute Gasteiger partial charge is 0.470 e. The van der Waals surface area contributed by atoms with E-state index in [4.69, 9.17) is 9.47 Å². The molecule has 3 aliphatic heterocycles. The van der Waals surface area contributed by atoms with Crippen LogP contribution in [-0.2, 0) is 35.1 Å². The predicted octanol–water partition coefficient (Wildman–Crippen LogP) is 5.41. The summed E-state index contributed by atoms with van der Waals surface area (Å²) in [7, 11) is -3.94. The molecule has 4 bridgehead atoms. The molecule has 17 heteroatoms. The van der Waals surface area contributed by atoms with E-state index in [1.165, 1.54) is 11.0 Å². The van der Waals surface area contributed by atoms with E-state index in [0.29, 0.717) is 51.4 Å². The third kappa shape index (κ3) is 8.93. The van der Waals surface area contributed by atoms with E-state index in [9.17, 15) is 27.6 Å². The zero-order valence-electron chi connectivity index (χ0n) is 33.1. The van der Waals surface area contributed by atoms with Crippen LogP contribution in [0.2, 0.25) is 0 Å². The van der Waals surface area contributed by atoms with Gasteiger partial charge in [0.2, 0.25) is 27.7 Å². The molecule has 5 aliphatic rings. The molecule has 1 unspecified atom stereocenters. The second-order valence-electron chi connectivity index (χ2n) is 16.8. The van der Waals surface area contributed by atoms with Crippen molar-refractivity contribution >= 4 is 44.9 Å². The van der Waals surface area contributed by atoms with E-state index in [1.54, 1.807) is 24.3 Å². The number of rotatable bonds is 5. The number of halogens is 2. The Kier molecular flexibility index (Phi) is 12.0. The van der Waals surface area contributed by atoms with Gasteiger partial charge in [0, 0.05) is 12.0 Å². The molecule has 316 valence electrons. The van der Waals surface area contributed by atoms with Crippen LogP contribution >= 0.6 is 0 Å². The second kappa shape index (κ2) is 16.7. The van der Waals surface area contributed by atoms with Gasteiger partial charge < -0.3 is 25.0 Å². The smallest absolute Gasteiger partial charge is 0.407 e. The number of alkyl halides is 2.